The topological polar surface area (TPSA) is 61.2 Å². The van der Waals surface area contributed by atoms with Crippen molar-refractivity contribution in [3.05, 3.63) is 62.8 Å². The van der Waals surface area contributed by atoms with E-state index in [-0.39, 0.29) is 5.56 Å². The van der Waals surface area contributed by atoms with E-state index in [1.54, 1.807) is 23.6 Å². The highest BCUT2D eigenvalue weighted by atomic mass is 35.5. The Labute approximate surface area is 227 Å². The lowest BCUT2D eigenvalue weighted by Gasteiger charge is -2.18. The van der Waals surface area contributed by atoms with E-state index in [4.69, 9.17) is 16.3 Å². The Kier molecular flexibility index (Phi) is 11.9. The summed E-state index contributed by atoms with van der Waals surface area (Å²) in [5.41, 5.74) is 2.44. The Bertz CT molecular complexity index is 1100. The first-order valence-corrected chi connectivity index (χ1v) is 14.6. The Morgan fingerprint density at radius 2 is 1.57 bits per heavy atom. The smallest absolute Gasteiger partial charge is 0.342 e. The van der Waals surface area contributed by atoms with E-state index in [9.17, 15) is 9.59 Å². The van der Waals surface area contributed by atoms with Crippen molar-refractivity contribution in [1.82, 2.24) is 9.55 Å². The Morgan fingerprint density at radius 1 is 0.973 bits per heavy atom. The molecule has 1 unspecified atom stereocenters. The van der Waals surface area contributed by atoms with E-state index in [2.05, 4.69) is 18.8 Å². The number of hydrogen-bond donors (Lipinski definition) is 0. The van der Waals surface area contributed by atoms with E-state index in [0.29, 0.717) is 41.2 Å². The molecule has 0 N–H and O–H groups in total. The van der Waals surface area contributed by atoms with Crippen molar-refractivity contribution in [2.75, 3.05) is 6.61 Å². The molecule has 1 atom stereocenters. The minimum atomic E-state index is -0.393. The number of aromatic nitrogens is 2. The SMILES string of the molecule is CCCCCCCCC(CCCCCC)COC(=O)C1=C(c2ccc(Cl)cc2)Cn2c1nc(C)cc2=O. The molecule has 0 bridgehead atoms. The number of fused-ring (bicyclic) bond motifs is 1. The van der Waals surface area contributed by atoms with Gasteiger partial charge in [0.25, 0.3) is 5.56 Å². The van der Waals surface area contributed by atoms with Gasteiger partial charge in [-0.05, 0) is 49.0 Å². The average molecular weight is 527 g/mol. The van der Waals surface area contributed by atoms with E-state index in [1.165, 1.54) is 70.3 Å². The molecule has 1 aromatic heterocycles. The zero-order valence-electron chi connectivity index (χ0n) is 22.9. The van der Waals surface area contributed by atoms with Crippen molar-refractivity contribution in [2.24, 2.45) is 5.92 Å². The van der Waals surface area contributed by atoms with Gasteiger partial charge < -0.3 is 4.74 Å². The largest absolute Gasteiger partial charge is 0.462 e. The number of allylic oxidation sites excluding steroid dienone is 1. The predicted molar refractivity (Wildman–Crippen MR) is 153 cm³/mol. The number of aryl methyl sites for hydroxylation is 1. The predicted octanol–water partition coefficient (Wildman–Crippen LogP) is 8.01. The molecular weight excluding hydrogens is 484 g/mol. The molecule has 0 amide bonds. The molecule has 6 heteroatoms. The first-order chi connectivity index (χ1) is 17.9. The van der Waals surface area contributed by atoms with Crippen molar-refractivity contribution in [1.29, 1.82) is 0 Å². The molecule has 2 heterocycles. The summed E-state index contributed by atoms with van der Waals surface area (Å²) in [6.45, 7) is 6.95. The first-order valence-electron chi connectivity index (χ1n) is 14.2. The molecule has 0 radical (unpaired) electrons. The molecule has 37 heavy (non-hydrogen) atoms. The summed E-state index contributed by atoms with van der Waals surface area (Å²) in [6.07, 6.45) is 14.6. The van der Waals surface area contributed by atoms with Crippen LogP contribution in [0.5, 0.6) is 0 Å². The second-order valence-corrected chi connectivity index (χ2v) is 10.8. The number of nitrogens with zero attached hydrogens (tertiary/aromatic N) is 2. The van der Waals surface area contributed by atoms with Gasteiger partial charge in [-0.15, -0.1) is 0 Å². The molecule has 202 valence electrons. The van der Waals surface area contributed by atoms with Gasteiger partial charge >= 0.3 is 5.97 Å². The van der Waals surface area contributed by atoms with Gasteiger partial charge in [0, 0.05) is 16.8 Å². The third-order valence-electron chi connectivity index (χ3n) is 7.26. The Morgan fingerprint density at radius 3 is 2.22 bits per heavy atom. The second-order valence-electron chi connectivity index (χ2n) is 10.4. The summed E-state index contributed by atoms with van der Waals surface area (Å²) in [6, 6.07) is 8.85. The fourth-order valence-electron chi connectivity index (χ4n) is 5.09. The number of halogens is 1. The summed E-state index contributed by atoms with van der Waals surface area (Å²) in [5.74, 6) is 0.367. The molecule has 0 saturated heterocycles. The lowest BCUT2D eigenvalue weighted by Crippen LogP contribution is -2.22. The van der Waals surface area contributed by atoms with Gasteiger partial charge in [0.1, 0.15) is 5.57 Å². The summed E-state index contributed by atoms with van der Waals surface area (Å²) in [5, 5.41) is 0.621. The van der Waals surface area contributed by atoms with Crippen LogP contribution >= 0.6 is 11.6 Å². The van der Waals surface area contributed by atoms with Crippen LogP contribution in [0.3, 0.4) is 0 Å². The highest BCUT2D eigenvalue weighted by molar-refractivity contribution is 6.30. The number of ether oxygens (including phenoxy) is 1. The summed E-state index contributed by atoms with van der Waals surface area (Å²) in [7, 11) is 0. The highest BCUT2D eigenvalue weighted by Crippen LogP contribution is 2.34. The molecule has 1 aliphatic heterocycles. The maximum Gasteiger partial charge on any atom is 0.342 e. The second kappa shape index (κ2) is 15.1. The molecule has 0 aliphatic carbocycles. The van der Waals surface area contributed by atoms with Crippen molar-refractivity contribution in [3.8, 4) is 0 Å². The molecule has 3 rings (SSSR count). The number of carbonyl (C=O) groups is 1. The quantitative estimate of drug-likeness (QED) is 0.164. The zero-order chi connectivity index (χ0) is 26.6. The normalized spacial score (nSPS) is 13.6. The van der Waals surface area contributed by atoms with Gasteiger partial charge in [0.2, 0.25) is 0 Å². The van der Waals surface area contributed by atoms with Crippen LogP contribution in [0, 0.1) is 12.8 Å². The maximum atomic E-state index is 13.5. The van der Waals surface area contributed by atoms with Crippen LogP contribution in [-0.2, 0) is 16.1 Å². The summed E-state index contributed by atoms with van der Waals surface area (Å²) < 4.78 is 7.54. The molecular formula is C31H43ClN2O3. The Balaban J connectivity index is 1.74. The van der Waals surface area contributed by atoms with Gasteiger partial charge in [-0.2, -0.15) is 0 Å². The van der Waals surface area contributed by atoms with Crippen LogP contribution in [0.2, 0.25) is 5.02 Å². The van der Waals surface area contributed by atoms with Gasteiger partial charge in [0.15, 0.2) is 5.82 Å². The minimum absolute atomic E-state index is 0.159. The molecule has 2 aromatic rings. The third-order valence-corrected chi connectivity index (χ3v) is 7.51. The maximum absolute atomic E-state index is 13.5. The fourth-order valence-corrected chi connectivity index (χ4v) is 5.21. The van der Waals surface area contributed by atoms with Crippen LogP contribution in [0.4, 0.5) is 0 Å². The first kappa shape index (κ1) is 29.2. The van der Waals surface area contributed by atoms with Gasteiger partial charge in [0.05, 0.1) is 13.2 Å². The molecule has 1 aromatic carbocycles. The Hall–Kier alpha value is -2.40. The number of carbonyl (C=O) groups excluding carboxylic acids is 1. The lowest BCUT2D eigenvalue weighted by atomic mass is 9.95. The van der Waals surface area contributed by atoms with Crippen molar-refractivity contribution < 1.29 is 9.53 Å². The van der Waals surface area contributed by atoms with Crippen LogP contribution in [0.1, 0.15) is 108 Å². The monoisotopic (exact) mass is 526 g/mol. The van der Waals surface area contributed by atoms with E-state index < -0.39 is 5.97 Å². The molecule has 0 saturated carbocycles. The van der Waals surface area contributed by atoms with E-state index in [1.807, 2.05) is 12.1 Å². The van der Waals surface area contributed by atoms with Crippen molar-refractivity contribution in [3.63, 3.8) is 0 Å². The van der Waals surface area contributed by atoms with Crippen LogP contribution in [0.15, 0.2) is 35.1 Å². The lowest BCUT2D eigenvalue weighted by molar-refractivity contribution is -0.138. The summed E-state index contributed by atoms with van der Waals surface area (Å²) in [4.78, 5) is 30.8. The van der Waals surface area contributed by atoms with Gasteiger partial charge in [-0.3, -0.25) is 9.36 Å². The zero-order valence-corrected chi connectivity index (χ0v) is 23.6. The van der Waals surface area contributed by atoms with Crippen LogP contribution in [0.25, 0.3) is 11.1 Å². The average Bonchev–Trinajstić information content (AvgIpc) is 3.26. The molecule has 0 spiro atoms. The number of esters is 1. The van der Waals surface area contributed by atoms with Gasteiger partial charge in [-0.1, -0.05) is 102 Å². The minimum Gasteiger partial charge on any atom is -0.462 e. The number of unbranched alkanes of at least 4 members (excludes halogenated alkanes) is 8. The molecule has 0 fully saturated rings. The highest BCUT2D eigenvalue weighted by Gasteiger charge is 2.31. The fraction of sp³-hybridized carbons (Fsp3) is 0.581. The van der Waals surface area contributed by atoms with Crippen molar-refractivity contribution >= 4 is 28.7 Å². The molecule has 5 nitrogen and oxygen atoms in total. The van der Waals surface area contributed by atoms with E-state index >= 15 is 0 Å². The third kappa shape index (κ3) is 8.56. The number of benzene rings is 1. The van der Waals surface area contributed by atoms with Crippen molar-refractivity contribution in [2.45, 2.75) is 104 Å². The molecule has 1 aliphatic rings. The van der Waals surface area contributed by atoms with E-state index in [0.717, 1.165) is 24.0 Å². The van der Waals surface area contributed by atoms with Crippen LogP contribution < -0.4 is 5.56 Å². The van der Waals surface area contributed by atoms with Crippen LogP contribution in [-0.4, -0.2) is 22.1 Å². The summed E-state index contributed by atoms with van der Waals surface area (Å²) >= 11 is 6.10. The number of rotatable bonds is 16. The standard InChI is InChI=1S/C31H43ClN2O3/c1-4-6-8-10-11-13-15-24(14-12-9-7-5-2)22-37-31(36)29-27(25-16-18-26(32)19-17-25)21-34-28(35)20-23(3)33-30(29)34/h16-20,24H,4-15,21-22H2,1-3H3. The van der Waals surface area contributed by atoms with Gasteiger partial charge in [-0.25, -0.2) is 9.78 Å². The number of hydrogen-bond acceptors (Lipinski definition) is 4.